The van der Waals surface area contributed by atoms with E-state index in [1.165, 1.54) is 13.0 Å². The first-order chi connectivity index (χ1) is 10.2. The summed E-state index contributed by atoms with van der Waals surface area (Å²) in [5.74, 6) is 1.34. The van der Waals surface area contributed by atoms with Gasteiger partial charge in [-0.1, -0.05) is 42.5 Å². The van der Waals surface area contributed by atoms with Crippen LogP contribution >= 0.6 is 0 Å². The summed E-state index contributed by atoms with van der Waals surface area (Å²) < 4.78 is 11.1. The van der Waals surface area contributed by atoms with Gasteiger partial charge in [-0.3, -0.25) is 4.79 Å². The van der Waals surface area contributed by atoms with Gasteiger partial charge in [-0.05, 0) is 36.3 Å². The van der Waals surface area contributed by atoms with Crippen LogP contribution in [0.2, 0.25) is 0 Å². The molecule has 0 saturated heterocycles. The molecule has 21 heavy (non-hydrogen) atoms. The molecule has 0 spiro atoms. The number of carbonyl (C=O) groups is 1. The summed E-state index contributed by atoms with van der Waals surface area (Å²) in [4.78, 5) is 11.0. The Kier molecular flexibility index (Phi) is 5.16. The molecule has 0 aliphatic carbocycles. The number of rotatable bonds is 6. The highest BCUT2D eigenvalue weighted by atomic mass is 16.5. The molecule has 3 nitrogen and oxygen atoms in total. The Bertz CT molecular complexity index is 630. The number of hydrogen-bond acceptors (Lipinski definition) is 3. The first-order valence-corrected chi connectivity index (χ1v) is 6.72. The summed E-state index contributed by atoms with van der Waals surface area (Å²) in [7, 11) is 1.60. The van der Waals surface area contributed by atoms with Gasteiger partial charge in [0.1, 0.15) is 6.61 Å². The number of allylic oxidation sites excluding steroid dienone is 1. The van der Waals surface area contributed by atoms with Crippen LogP contribution in [0.15, 0.2) is 54.6 Å². The third-order valence-electron chi connectivity index (χ3n) is 2.94. The van der Waals surface area contributed by atoms with E-state index in [9.17, 15) is 4.79 Å². The van der Waals surface area contributed by atoms with Gasteiger partial charge < -0.3 is 9.47 Å². The largest absolute Gasteiger partial charge is 0.493 e. The normalized spacial score (nSPS) is 10.6. The molecule has 3 heteroatoms. The molecule has 0 unspecified atom stereocenters. The first kappa shape index (κ1) is 14.9. The van der Waals surface area contributed by atoms with Crippen LogP contribution < -0.4 is 9.47 Å². The molecule has 0 amide bonds. The van der Waals surface area contributed by atoms with E-state index in [1.54, 1.807) is 13.2 Å². The van der Waals surface area contributed by atoms with Crippen molar-refractivity contribution in [2.45, 2.75) is 13.5 Å². The molecule has 0 aliphatic rings. The summed E-state index contributed by atoms with van der Waals surface area (Å²) >= 11 is 0. The van der Waals surface area contributed by atoms with Gasteiger partial charge in [0.2, 0.25) is 0 Å². The number of ether oxygens (including phenoxy) is 2. The van der Waals surface area contributed by atoms with Gasteiger partial charge in [0.25, 0.3) is 0 Å². The standard InChI is InChI=1S/C18H18O3/c1-14(19)8-9-15-10-11-17(18(12-15)20-2)21-13-16-6-4-3-5-7-16/h3-12H,13H2,1-2H3/b9-8+. The fourth-order valence-electron chi connectivity index (χ4n) is 1.86. The Morgan fingerprint density at radius 2 is 1.86 bits per heavy atom. The summed E-state index contributed by atoms with van der Waals surface area (Å²) in [6.45, 7) is 2.00. The van der Waals surface area contributed by atoms with Gasteiger partial charge in [-0.25, -0.2) is 0 Å². The third-order valence-corrected chi connectivity index (χ3v) is 2.94. The van der Waals surface area contributed by atoms with Crippen molar-refractivity contribution >= 4 is 11.9 Å². The summed E-state index contributed by atoms with van der Waals surface area (Å²) in [6, 6.07) is 15.5. The molecule has 0 fully saturated rings. The minimum absolute atomic E-state index is 0.0124. The van der Waals surface area contributed by atoms with E-state index in [-0.39, 0.29) is 5.78 Å². The van der Waals surface area contributed by atoms with E-state index < -0.39 is 0 Å². The molecule has 0 radical (unpaired) electrons. The minimum Gasteiger partial charge on any atom is -0.493 e. The zero-order valence-electron chi connectivity index (χ0n) is 12.2. The van der Waals surface area contributed by atoms with Crippen LogP contribution in [0.5, 0.6) is 11.5 Å². The maximum Gasteiger partial charge on any atom is 0.161 e. The molecule has 0 bridgehead atoms. The van der Waals surface area contributed by atoms with E-state index in [0.717, 1.165) is 11.1 Å². The second-order valence-electron chi connectivity index (χ2n) is 4.63. The fourth-order valence-corrected chi connectivity index (χ4v) is 1.86. The highest BCUT2D eigenvalue weighted by Crippen LogP contribution is 2.29. The fraction of sp³-hybridized carbons (Fsp3) is 0.167. The van der Waals surface area contributed by atoms with Crippen LogP contribution in [0, 0.1) is 0 Å². The molecule has 0 aromatic heterocycles. The Balaban J connectivity index is 2.11. The lowest BCUT2D eigenvalue weighted by molar-refractivity contribution is -0.112. The summed E-state index contributed by atoms with van der Waals surface area (Å²) in [5, 5.41) is 0. The van der Waals surface area contributed by atoms with Crippen molar-refractivity contribution in [2.75, 3.05) is 7.11 Å². The molecule has 2 rings (SSSR count). The molecule has 0 atom stereocenters. The van der Waals surface area contributed by atoms with Gasteiger partial charge in [0.15, 0.2) is 17.3 Å². The zero-order chi connectivity index (χ0) is 15.1. The van der Waals surface area contributed by atoms with Crippen molar-refractivity contribution in [3.8, 4) is 11.5 Å². The number of methoxy groups -OCH3 is 1. The molecule has 2 aromatic rings. The predicted octanol–water partition coefficient (Wildman–Crippen LogP) is 3.88. The van der Waals surface area contributed by atoms with E-state index in [0.29, 0.717) is 18.1 Å². The molecule has 0 heterocycles. The lowest BCUT2D eigenvalue weighted by Crippen LogP contribution is -1.97. The molecule has 2 aromatic carbocycles. The maximum atomic E-state index is 11.0. The SMILES string of the molecule is COc1cc(/C=C/C(C)=O)ccc1OCc1ccccc1. The molecule has 0 saturated carbocycles. The number of ketones is 1. The van der Waals surface area contributed by atoms with Crippen LogP contribution in [-0.2, 0) is 11.4 Å². The topological polar surface area (TPSA) is 35.5 Å². The van der Waals surface area contributed by atoms with Crippen molar-refractivity contribution in [1.29, 1.82) is 0 Å². The molecular weight excluding hydrogens is 264 g/mol. The zero-order valence-corrected chi connectivity index (χ0v) is 12.2. The van der Waals surface area contributed by atoms with Crippen molar-refractivity contribution in [2.24, 2.45) is 0 Å². The molecule has 108 valence electrons. The van der Waals surface area contributed by atoms with Crippen LogP contribution in [0.25, 0.3) is 6.08 Å². The highest BCUT2D eigenvalue weighted by molar-refractivity contribution is 5.91. The van der Waals surface area contributed by atoms with Gasteiger partial charge in [-0.2, -0.15) is 0 Å². The molecule has 0 N–H and O–H groups in total. The summed E-state index contributed by atoms with van der Waals surface area (Å²) in [5.41, 5.74) is 1.99. The van der Waals surface area contributed by atoms with Gasteiger partial charge in [-0.15, -0.1) is 0 Å². The Morgan fingerprint density at radius 1 is 1.10 bits per heavy atom. The minimum atomic E-state index is 0.0124. The van der Waals surface area contributed by atoms with Crippen LogP contribution in [0.3, 0.4) is 0 Å². The van der Waals surface area contributed by atoms with Gasteiger partial charge in [0.05, 0.1) is 7.11 Å². The molecular formula is C18H18O3. The van der Waals surface area contributed by atoms with E-state index in [4.69, 9.17) is 9.47 Å². The number of carbonyl (C=O) groups excluding carboxylic acids is 1. The quantitative estimate of drug-likeness (QED) is 0.754. The van der Waals surface area contributed by atoms with Crippen molar-refractivity contribution in [1.82, 2.24) is 0 Å². The van der Waals surface area contributed by atoms with Crippen molar-refractivity contribution in [3.63, 3.8) is 0 Å². The Labute approximate surface area is 124 Å². The smallest absolute Gasteiger partial charge is 0.161 e. The maximum absolute atomic E-state index is 11.0. The molecule has 0 aliphatic heterocycles. The second-order valence-corrected chi connectivity index (χ2v) is 4.63. The second kappa shape index (κ2) is 7.29. The average Bonchev–Trinajstić information content (AvgIpc) is 2.52. The van der Waals surface area contributed by atoms with Gasteiger partial charge >= 0.3 is 0 Å². The van der Waals surface area contributed by atoms with E-state index >= 15 is 0 Å². The Morgan fingerprint density at radius 3 is 2.52 bits per heavy atom. The summed E-state index contributed by atoms with van der Waals surface area (Å²) in [6.07, 6.45) is 3.28. The monoisotopic (exact) mass is 282 g/mol. The van der Waals surface area contributed by atoms with Crippen LogP contribution in [-0.4, -0.2) is 12.9 Å². The van der Waals surface area contributed by atoms with Crippen LogP contribution in [0.4, 0.5) is 0 Å². The number of hydrogen-bond donors (Lipinski definition) is 0. The van der Waals surface area contributed by atoms with E-state index in [1.807, 2.05) is 48.5 Å². The van der Waals surface area contributed by atoms with Crippen molar-refractivity contribution in [3.05, 3.63) is 65.7 Å². The van der Waals surface area contributed by atoms with Crippen molar-refractivity contribution < 1.29 is 14.3 Å². The third kappa shape index (κ3) is 4.49. The highest BCUT2D eigenvalue weighted by Gasteiger charge is 2.05. The lowest BCUT2D eigenvalue weighted by atomic mass is 10.1. The number of benzene rings is 2. The Hall–Kier alpha value is -2.55. The first-order valence-electron chi connectivity index (χ1n) is 6.72. The van der Waals surface area contributed by atoms with E-state index in [2.05, 4.69) is 0 Å². The predicted molar refractivity (Wildman–Crippen MR) is 83.5 cm³/mol. The average molecular weight is 282 g/mol. The lowest BCUT2D eigenvalue weighted by Gasteiger charge is -2.11. The van der Waals surface area contributed by atoms with Crippen LogP contribution in [0.1, 0.15) is 18.1 Å². The van der Waals surface area contributed by atoms with Gasteiger partial charge in [0, 0.05) is 0 Å².